The number of nitrogens with two attached hydrogens (primary N) is 3. The third-order valence-electron chi connectivity index (χ3n) is 18.3. The minimum atomic E-state index is -1.09. The van der Waals surface area contributed by atoms with Gasteiger partial charge in [-0.1, -0.05) is 6.08 Å². The lowest BCUT2D eigenvalue weighted by molar-refractivity contribution is -0.706. The molecule has 9 rings (SSSR count). The Bertz CT molecular complexity index is 1550. The largest absolute Gasteiger partial charge is 0.456 e. The van der Waals surface area contributed by atoms with Crippen molar-refractivity contribution in [2.45, 2.75) is 152 Å². The van der Waals surface area contributed by atoms with Crippen LogP contribution in [-0.2, 0) is 23.8 Å². The summed E-state index contributed by atoms with van der Waals surface area (Å²) < 4.78 is 21.4. The van der Waals surface area contributed by atoms with Crippen LogP contribution in [0.3, 0.4) is 0 Å². The lowest BCUT2D eigenvalue weighted by atomic mass is 9.51. The van der Waals surface area contributed by atoms with E-state index in [0.29, 0.717) is 30.1 Å². The Balaban J connectivity index is 1.26. The molecule has 0 aromatic heterocycles. The first-order chi connectivity index (χ1) is 27.9. The molecule has 0 aromatic carbocycles. The zero-order valence-electron chi connectivity index (χ0n) is 34.8. The molecule has 9 aliphatic rings. The number of quaternary nitrogens is 1. The number of rotatable bonds is 4. The number of nitrogens with one attached hydrogen (secondary N) is 1. The molecule has 17 unspecified atom stereocenters. The average molecular weight is 814 g/mol. The standard InChI is InChI=1S/C45H72N4O9/c1-3-21(19-50)44(55)57-35-17-32-40(54)39-34(53)16-27(20-51)56-42(39)38-31-13-24-12-26(52)7-4-22(24)5-9-29(37-30(31)10-11-48-43(37)47)28-8-6-23-15-36(46)49-18-25(23)14-33(28)45(35,2)58-41(32)38/h3,22-33,35-43,48-52,54H,4-20,46-47H2,1-2H3/p+1/t22?,23?,24?,25?,26?,27?,28-,29?,30?,31-,32?,33-,35-,36?,37?,38?,39?,40?,41?,42?,43?,45-/m0/s1. The number of Topliss-reactive ketones (excluding diaryl/α,β-unsaturated/α-hetero) is 1. The summed E-state index contributed by atoms with van der Waals surface area (Å²) in [5, 5.41) is 50.5. The van der Waals surface area contributed by atoms with Crippen LogP contribution in [0.2, 0.25) is 0 Å². The zero-order chi connectivity index (χ0) is 40.6. The van der Waals surface area contributed by atoms with Gasteiger partial charge in [-0.15, -0.1) is 0 Å². The number of hydrogen-bond donors (Lipinski definition) is 8. The summed E-state index contributed by atoms with van der Waals surface area (Å²) in [4.78, 5) is 28.3. The molecule has 0 spiro atoms. The molecule has 13 heteroatoms. The van der Waals surface area contributed by atoms with Gasteiger partial charge in [0.25, 0.3) is 0 Å². The average Bonchev–Trinajstić information content (AvgIpc) is 3.35. The normalized spacial score (nSPS) is 53.1. The number of allylic oxidation sites excluding steroid dienone is 1. The van der Waals surface area contributed by atoms with Crippen LogP contribution in [0, 0.1) is 76.9 Å². The molecule has 4 saturated carbocycles. The van der Waals surface area contributed by atoms with Gasteiger partial charge >= 0.3 is 5.97 Å². The maximum atomic E-state index is 14.3. The molecule has 5 heterocycles. The number of aliphatic hydroxyl groups is 4. The van der Waals surface area contributed by atoms with Crippen LogP contribution in [0.15, 0.2) is 11.6 Å². The third-order valence-corrected chi connectivity index (χ3v) is 18.3. The SMILES string of the molecule is CC=C(CO)C(=O)O[C@H]1CC2C(O)C3C(=O)CC(CO)OC3C3C2O[C@@]1(C)[C@H]1CC2C[NH2+]C(N)CC2CC[C@H]1C1CCC2CCC(O)CC2C[C@H]3C2CCNC(N)C21. The number of hydrogen-bond acceptors (Lipinski definition) is 12. The van der Waals surface area contributed by atoms with Gasteiger partial charge in [-0.2, -0.15) is 0 Å². The Morgan fingerprint density at radius 1 is 0.879 bits per heavy atom. The van der Waals surface area contributed by atoms with Crippen LogP contribution in [-0.4, -0.2) is 113 Å². The highest BCUT2D eigenvalue weighted by Crippen LogP contribution is 2.62. The van der Waals surface area contributed by atoms with E-state index in [4.69, 9.17) is 25.7 Å². The smallest absolute Gasteiger partial charge is 0.336 e. The molecular weight excluding hydrogens is 741 g/mol. The molecule has 4 bridgehead atoms. The molecule has 326 valence electrons. The molecule has 0 aromatic rings. The van der Waals surface area contributed by atoms with Crippen molar-refractivity contribution in [2.24, 2.45) is 88.4 Å². The summed E-state index contributed by atoms with van der Waals surface area (Å²) in [7, 11) is 0. The number of aliphatic hydroxyl groups excluding tert-OH is 4. The fourth-order valence-corrected chi connectivity index (χ4v) is 15.6. The van der Waals surface area contributed by atoms with E-state index in [2.05, 4.69) is 17.6 Å². The lowest BCUT2D eigenvalue weighted by Gasteiger charge is -2.64. The first kappa shape index (κ1) is 41.8. The topological polar surface area (TPSA) is 223 Å². The fourth-order valence-electron chi connectivity index (χ4n) is 15.6. The van der Waals surface area contributed by atoms with Crippen molar-refractivity contribution >= 4 is 11.8 Å². The van der Waals surface area contributed by atoms with Crippen LogP contribution in [0.25, 0.3) is 0 Å². The highest BCUT2D eigenvalue weighted by molar-refractivity contribution is 5.88. The van der Waals surface area contributed by atoms with E-state index in [0.717, 1.165) is 83.7 Å². The second-order valence-electron chi connectivity index (χ2n) is 20.8. The van der Waals surface area contributed by atoms with Crippen LogP contribution < -0.4 is 22.1 Å². The second-order valence-corrected chi connectivity index (χ2v) is 20.8. The Morgan fingerprint density at radius 2 is 1.64 bits per heavy atom. The number of ether oxygens (including phenoxy) is 3. The van der Waals surface area contributed by atoms with Gasteiger partial charge in [0, 0.05) is 30.6 Å². The highest BCUT2D eigenvalue weighted by Gasteiger charge is 2.67. The van der Waals surface area contributed by atoms with E-state index >= 15 is 0 Å². The molecule has 4 aliphatic carbocycles. The van der Waals surface area contributed by atoms with Gasteiger partial charge in [0.2, 0.25) is 0 Å². The van der Waals surface area contributed by atoms with E-state index in [-0.39, 0.29) is 84.2 Å². The monoisotopic (exact) mass is 814 g/mol. The van der Waals surface area contributed by atoms with Gasteiger partial charge in [0.15, 0.2) is 0 Å². The molecule has 22 atom stereocenters. The molecule has 0 radical (unpaired) electrons. The van der Waals surface area contributed by atoms with Gasteiger partial charge in [0.05, 0.1) is 67.9 Å². The predicted octanol–water partition coefficient (Wildman–Crippen LogP) is 0.945. The van der Waals surface area contributed by atoms with Crippen LogP contribution in [0.1, 0.15) is 97.3 Å². The minimum Gasteiger partial charge on any atom is -0.456 e. The van der Waals surface area contributed by atoms with Gasteiger partial charge in [0.1, 0.15) is 23.7 Å². The highest BCUT2D eigenvalue weighted by atomic mass is 16.6. The summed E-state index contributed by atoms with van der Waals surface area (Å²) in [6.45, 7) is 4.90. The first-order valence-corrected chi connectivity index (χ1v) is 23.3. The van der Waals surface area contributed by atoms with Crippen molar-refractivity contribution in [3.8, 4) is 0 Å². The first-order valence-electron chi connectivity index (χ1n) is 23.3. The fraction of sp³-hybridized carbons (Fsp3) is 0.911. The number of carbonyl (C=O) groups is 2. The van der Waals surface area contributed by atoms with Crippen LogP contribution >= 0.6 is 0 Å². The maximum Gasteiger partial charge on any atom is 0.336 e. The Hall–Kier alpha value is -1.52. The Labute approximate surface area is 344 Å². The van der Waals surface area contributed by atoms with E-state index in [1.54, 1.807) is 13.0 Å². The Kier molecular flexibility index (Phi) is 12.0. The van der Waals surface area contributed by atoms with Crippen molar-refractivity contribution in [1.29, 1.82) is 0 Å². The van der Waals surface area contributed by atoms with Crippen molar-refractivity contribution < 1.29 is 49.5 Å². The van der Waals surface area contributed by atoms with Crippen molar-refractivity contribution in [1.82, 2.24) is 5.32 Å². The zero-order valence-corrected chi connectivity index (χ0v) is 34.8. The number of esters is 1. The second kappa shape index (κ2) is 16.6. The summed E-state index contributed by atoms with van der Waals surface area (Å²) >= 11 is 0. The molecule has 5 aliphatic heterocycles. The number of fused-ring (bicyclic) bond motifs is 9. The van der Waals surface area contributed by atoms with Gasteiger partial charge in [-0.05, 0) is 144 Å². The van der Waals surface area contributed by atoms with E-state index < -0.39 is 60.5 Å². The summed E-state index contributed by atoms with van der Waals surface area (Å²) in [6.07, 6.45) is 8.21. The predicted molar refractivity (Wildman–Crippen MR) is 213 cm³/mol. The van der Waals surface area contributed by atoms with Gasteiger partial charge < -0.3 is 51.0 Å². The summed E-state index contributed by atoms with van der Waals surface area (Å²) in [6, 6.07) is 0. The molecule has 13 nitrogen and oxygen atoms in total. The third kappa shape index (κ3) is 7.16. The lowest BCUT2D eigenvalue weighted by Crippen LogP contribution is -2.96. The molecule has 11 N–H and O–H groups in total. The summed E-state index contributed by atoms with van der Waals surface area (Å²) in [5.41, 5.74) is 13.3. The summed E-state index contributed by atoms with van der Waals surface area (Å²) in [5.74, 6) is 0.182. The van der Waals surface area contributed by atoms with Crippen molar-refractivity contribution in [3.05, 3.63) is 11.6 Å². The maximum absolute atomic E-state index is 14.3. The number of carbonyl (C=O) groups excluding carboxylic acids is 2. The van der Waals surface area contributed by atoms with E-state index in [9.17, 15) is 30.0 Å². The molecule has 0 amide bonds. The molecule has 5 saturated heterocycles. The molecule has 9 fully saturated rings. The number of ketones is 1. The molecular formula is C45H73N4O9+. The van der Waals surface area contributed by atoms with E-state index in [1.165, 1.54) is 0 Å². The van der Waals surface area contributed by atoms with Crippen LogP contribution in [0.5, 0.6) is 0 Å². The Morgan fingerprint density at radius 3 is 2.41 bits per heavy atom. The minimum absolute atomic E-state index is 0.0113. The molecule has 58 heavy (non-hydrogen) atoms. The van der Waals surface area contributed by atoms with Gasteiger partial charge in [-0.25, -0.2) is 4.79 Å². The quantitative estimate of drug-likeness (QED) is 0.147. The number of piperidine rings is 2. The van der Waals surface area contributed by atoms with Crippen LogP contribution in [0.4, 0.5) is 0 Å². The van der Waals surface area contributed by atoms with E-state index in [1.807, 2.05) is 0 Å². The van der Waals surface area contributed by atoms with Crippen molar-refractivity contribution in [2.75, 3.05) is 26.3 Å². The van der Waals surface area contributed by atoms with Gasteiger partial charge in [-0.3, -0.25) is 10.5 Å². The van der Waals surface area contributed by atoms with Crippen molar-refractivity contribution in [3.63, 3.8) is 0 Å².